The molecule has 1 N–H and O–H groups in total. The molecule has 0 fully saturated rings. The standard InChI is InChI=1S/C22H19ClF4N4O2/c1-2-30(13-19(32)28-11-14-3-7-16(24)8-4-14)21(33)18-12-29-31(20(18)22(25,26)27)17-9-5-15(23)6-10-17/h3-10,12H,2,11,13H2,1H3,(H,28,32). The maximum absolute atomic E-state index is 13.9. The van der Waals surface area contributed by atoms with Crippen molar-refractivity contribution in [1.82, 2.24) is 20.0 Å². The lowest BCUT2D eigenvalue weighted by atomic mass is 10.2. The van der Waals surface area contributed by atoms with Crippen molar-refractivity contribution in [2.24, 2.45) is 0 Å². The lowest BCUT2D eigenvalue weighted by molar-refractivity contribution is -0.143. The third-order valence-corrected chi connectivity index (χ3v) is 5.00. The minimum Gasteiger partial charge on any atom is -0.350 e. The van der Waals surface area contributed by atoms with Crippen molar-refractivity contribution < 1.29 is 27.2 Å². The third kappa shape index (κ3) is 5.89. The highest BCUT2D eigenvalue weighted by Gasteiger charge is 2.41. The Morgan fingerprint density at radius 3 is 2.30 bits per heavy atom. The molecule has 0 aliphatic heterocycles. The normalized spacial score (nSPS) is 11.3. The van der Waals surface area contributed by atoms with E-state index in [4.69, 9.17) is 11.6 Å². The molecule has 33 heavy (non-hydrogen) atoms. The summed E-state index contributed by atoms with van der Waals surface area (Å²) in [6, 6.07) is 11.0. The zero-order chi connectivity index (χ0) is 24.2. The van der Waals surface area contributed by atoms with Gasteiger partial charge in [0.05, 0.1) is 24.0 Å². The van der Waals surface area contributed by atoms with Crippen LogP contribution >= 0.6 is 11.6 Å². The Bertz CT molecular complexity index is 1130. The highest BCUT2D eigenvalue weighted by molar-refractivity contribution is 6.30. The molecule has 3 aromatic rings. The van der Waals surface area contributed by atoms with Gasteiger partial charge in [-0.2, -0.15) is 18.3 Å². The summed E-state index contributed by atoms with van der Waals surface area (Å²) in [5.41, 5.74) is -1.22. The topological polar surface area (TPSA) is 67.2 Å². The smallest absolute Gasteiger partial charge is 0.350 e. The van der Waals surface area contributed by atoms with Gasteiger partial charge >= 0.3 is 6.18 Å². The average molecular weight is 483 g/mol. The Kier molecular flexibility index (Phi) is 7.37. The van der Waals surface area contributed by atoms with Gasteiger partial charge in [0.2, 0.25) is 5.91 Å². The number of likely N-dealkylation sites (N-methyl/N-ethyl adjacent to an activating group) is 1. The monoisotopic (exact) mass is 482 g/mol. The maximum Gasteiger partial charge on any atom is 0.434 e. The third-order valence-electron chi connectivity index (χ3n) is 4.75. The van der Waals surface area contributed by atoms with Crippen molar-refractivity contribution >= 4 is 23.4 Å². The molecule has 0 radical (unpaired) electrons. The first-order chi connectivity index (χ1) is 15.6. The molecule has 2 aromatic carbocycles. The van der Waals surface area contributed by atoms with Crippen LogP contribution < -0.4 is 5.32 Å². The van der Waals surface area contributed by atoms with Gasteiger partial charge in [-0.05, 0) is 48.9 Å². The number of amides is 2. The number of rotatable bonds is 7. The van der Waals surface area contributed by atoms with Crippen LogP contribution in [0.3, 0.4) is 0 Å². The van der Waals surface area contributed by atoms with E-state index in [1.54, 1.807) is 6.92 Å². The fraction of sp³-hybridized carbons (Fsp3) is 0.227. The van der Waals surface area contributed by atoms with Crippen LogP contribution in [0.2, 0.25) is 5.02 Å². The maximum atomic E-state index is 13.9. The molecule has 0 aliphatic rings. The molecule has 6 nitrogen and oxygen atoms in total. The molecule has 1 heterocycles. The molecule has 0 atom stereocenters. The molecule has 0 unspecified atom stereocenters. The summed E-state index contributed by atoms with van der Waals surface area (Å²) >= 11 is 5.80. The predicted octanol–water partition coefficient (Wildman–Crippen LogP) is 4.46. The molecule has 11 heteroatoms. The SMILES string of the molecule is CCN(CC(=O)NCc1ccc(F)cc1)C(=O)c1cnn(-c2ccc(Cl)cc2)c1C(F)(F)F. The summed E-state index contributed by atoms with van der Waals surface area (Å²) in [4.78, 5) is 26.2. The fourth-order valence-electron chi connectivity index (χ4n) is 3.09. The van der Waals surface area contributed by atoms with Crippen molar-refractivity contribution in [3.05, 3.63) is 82.4 Å². The van der Waals surface area contributed by atoms with Gasteiger partial charge in [0.25, 0.3) is 5.91 Å². The zero-order valence-electron chi connectivity index (χ0n) is 17.4. The van der Waals surface area contributed by atoms with Gasteiger partial charge in [-0.1, -0.05) is 23.7 Å². The number of nitrogens with zero attached hydrogens (tertiary/aromatic N) is 3. The summed E-state index contributed by atoms with van der Waals surface area (Å²) in [5, 5.41) is 6.65. The van der Waals surface area contributed by atoms with Crippen molar-refractivity contribution in [3.63, 3.8) is 0 Å². The van der Waals surface area contributed by atoms with Crippen molar-refractivity contribution in [3.8, 4) is 5.69 Å². The van der Waals surface area contributed by atoms with E-state index in [9.17, 15) is 27.2 Å². The van der Waals surface area contributed by atoms with Gasteiger partial charge < -0.3 is 10.2 Å². The molecular formula is C22H19ClF4N4O2. The van der Waals surface area contributed by atoms with Crippen LogP contribution in [0.15, 0.2) is 54.7 Å². The van der Waals surface area contributed by atoms with Gasteiger partial charge in [-0.25, -0.2) is 9.07 Å². The molecule has 0 saturated heterocycles. The van der Waals surface area contributed by atoms with Crippen LogP contribution in [0.25, 0.3) is 5.69 Å². The van der Waals surface area contributed by atoms with E-state index >= 15 is 0 Å². The summed E-state index contributed by atoms with van der Waals surface area (Å²) < 4.78 is 55.2. The number of hydrogen-bond donors (Lipinski definition) is 1. The van der Waals surface area contributed by atoms with E-state index in [1.807, 2.05) is 0 Å². The van der Waals surface area contributed by atoms with Gasteiger partial charge in [0, 0.05) is 18.1 Å². The first-order valence-corrected chi connectivity index (χ1v) is 10.2. The predicted molar refractivity (Wildman–Crippen MR) is 113 cm³/mol. The molecule has 1 aromatic heterocycles. The number of nitrogens with one attached hydrogen (secondary N) is 1. The van der Waals surface area contributed by atoms with E-state index < -0.39 is 41.6 Å². The second-order valence-electron chi connectivity index (χ2n) is 7.02. The molecule has 0 bridgehead atoms. The Morgan fingerprint density at radius 2 is 1.73 bits per heavy atom. The first-order valence-electron chi connectivity index (χ1n) is 9.81. The largest absolute Gasteiger partial charge is 0.434 e. The van der Waals surface area contributed by atoms with Crippen LogP contribution in [0.1, 0.15) is 28.5 Å². The average Bonchev–Trinajstić information content (AvgIpc) is 3.23. The molecule has 174 valence electrons. The van der Waals surface area contributed by atoms with E-state index in [-0.39, 0.29) is 18.8 Å². The summed E-state index contributed by atoms with van der Waals surface area (Å²) in [6.45, 7) is 1.15. The number of hydrogen-bond acceptors (Lipinski definition) is 3. The Labute approximate surface area is 191 Å². The summed E-state index contributed by atoms with van der Waals surface area (Å²) in [7, 11) is 0. The van der Waals surface area contributed by atoms with Crippen LogP contribution in [0, 0.1) is 5.82 Å². The van der Waals surface area contributed by atoms with Gasteiger partial charge in [0.15, 0.2) is 5.69 Å². The molecule has 0 aliphatic carbocycles. The lowest BCUT2D eigenvalue weighted by Crippen LogP contribution is -2.41. The van der Waals surface area contributed by atoms with E-state index in [1.165, 1.54) is 48.5 Å². The van der Waals surface area contributed by atoms with Crippen LogP contribution in [-0.2, 0) is 17.5 Å². The molecular weight excluding hydrogens is 464 g/mol. The van der Waals surface area contributed by atoms with Crippen LogP contribution in [-0.4, -0.2) is 39.6 Å². The van der Waals surface area contributed by atoms with Crippen molar-refractivity contribution in [2.75, 3.05) is 13.1 Å². The minimum absolute atomic E-state index is 0.00771. The summed E-state index contributed by atoms with van der Waals surface area (Å²) in [6.07, 6.45) is -4.05. The number of aromatic nitrogens is 2. The van der Waals surface area contributed by atoms with Crippen molar-refractivity contribution in [1.29, 1.82) is 0 Å². The number of halogens is 5. The zero-order valence-corrected chi connectivity index (χ0v) is 18.1. The second-order valence-corrected chi connectivity index (χ2v) is 7.45. The molecule has 3 rings (SSSR count). The Balaban J connectivity index is 1.79. The highest BCUT2D eigenvalue weighted by atomic mass is 35.5. The van der Waals surface area contributed by atoms with Gasteiger partial charge in [0.1, 0.15) is 5.82 Å². The van der Waals surface area contributed by atoms with E-state index in [0.29, 0.717) is 15.3 Å². The molecule has 2 amide bonds. The Hall–Kier alpha value is -3.40. The van der Waals surface area contributed by atoms with Crippen molar-refractivity contribution in [2.45, 2.75) is 19.6 Å². The molecule has 0 spiro atoms. The number of carbonyl (C=O) groups excluding carboxylic acids is 2. The van der Waals surface area contributed by atoms with Gasteiger partial charge in [-0.15, -0.1) is 0 Å². The summed E-state index contributed by atoms with van der Waals surface area (Å²) in [5.74, 6) is -1.98. The highest BCUT2D eigenvalue weighted by Crippen LogP contribution is 2.34. The first kappa shape index (κ1) is 24.2. The number of benzene rings is 2. The second kappa shape index (κ2) is 10.0. The number of alkyl halides is 3. The van der Waals surface area contributed by atoms with E-state index in [0.717, 1.165) is 11.1 Å². The molecule has 0 saturated carbocycles. The minimum atomic E-state index is -4.88. The number of carbonyl (C=O) groups is 2. The van der Waals surface area contributed by atoms with Gasteiger partial charge in [-0.3, -0.25) is 9.59 Å². The van der Waals surface area contributed by atoms with Crippen LogP contribution in [0.4, 0.5) is 17.6 Å². The Morgan fingerprint density at radius 1 is 1.09 bits per heavy atom. The van der Waals surface area contributed by atoms with E-state index in [2.05, 4.69) is 10.4 Å². The fourth-order valence-corrected chi connectivity index (χ4v) is 3.21. The lowest BCUT2D eigenvalue weighted by Gasteiger charge is -2.21. The quantitative estimate of drug-likeness (QED) is 0.506. The van der Waals surface area contributed by atoms with Crippen LogP contribution in [0.5, 0.6) is 0 Å².